The van der Waals surface area contributed by atoms with E-state index in [0.29, 0.717) is 5.69 Å². The second-order valence-corrected chi connectivity index (χ2v) is 5.69. The normalized spacial score (nSPS) is 15.7. The summed E-state index contributed by atoms with van der Waals surface area (Å²) in [6.07, 6.45) is 0. The van der Waals surface area contributed by atoms with Crippen molar-refractivity contribution in [1.82, 2.24) is 4.90 Å². The molecule has 4 nitrogen and oxygen atoms in total. The van der Waals surface area contributed by atoms with E-state index in [9.17, 15) is 9.59 Å². The van der Waals surface area contributed by atoms with Crippen molar-refractivity contribution in [2.24, 2.45) is 0 Å². The van der Waals surface area contributed by atoms with E-state index < -0.39 is 11.8 Å². The molecule has 0 atom stereocenters. The summed E-state index contributed by atoms with van der Waals surface area (Å²) in [7, 11) is 0. The van der Waals surface area contributed by atoms with Crippen molar-refractivity contribution in [1.29, 1.82) is 0 Å². The predicted octanol–water partition coefficient (Wildman–Crippen LogP) is 3.09. The molecule has 1 aromatic rings. The lowest BCUT2D eigenvalue weighted by atomic mass is 10.3. The minimum Gasteiger partial charge on any atom is -0.350 e. The van der Waals surface area contributed by atoms with E-state index >= 15 is 0 Å². The third kappa shape index (κ3) is 2.67. The number of halogens is 2. The van der Waals surface area contributed by atoms with Gasteiger partial charge in [0, 0.05) is 16.2 Å². The topological polar surface area (TPSA) is 49.4 Å². The first-order chi connectivity index (χ1) is 8.91. The number of amides is 2. The van der Waals surface area contributed by atoms with Gasteiger partial charge in [0.05, 0.1) is 0 Å². The summed E-state index contributed by atoms with van der Waals surface area (Å²) < 4.78 is 0.927. The molecule has 0 bridgehead atoms. The monoisotopic (exact) mass is 342 g/mol. The molecule has 0 aromatic heterocycles. The van der Waals surface area contributed by atoms with E-state index in [1.54, 1.807) is 26.0 Å². The van der Waals surface area contributed by atoms with Crippen LogP contribution in [-0.2, 0) is 9.59 Å². The highest BCUT2D eigenvalue weighted by atomic mass is 79.9. The molecule has 0 aliphatic carbocycles. The summed E-state index contributed by atoms with van der Waals surface area (Å²) in [5.41, 5.74) is 0.825. The second-order valence-electron chi connectivity index (χ2n) is 4.39. The fourth-order valence-electron chi connectivity index (χ4n) is 1.77. The summed E-state index contributed by atoms with van der Waals surface area (Å²) in [5.74, 6) is -0.853. The van der Waals surface area contributed by atoms with Crippen LogP contribution >= 0.6 is 27.5 Å². The Hall–Kier alpha value is -1.33. The molecule has 0 radical (unpaired) electrons. The van der Waals surface area contributed by atoms with Gasteiger partial charge in [0.25, 0.3) is 11.8 Å². The third-order valence-corrected chi connectivity index (χ3v) is 3.57. The van der Waals surface area contributed by atoms with Gasteiger partial charge in [-0.3, -0.25) is 14.5 Å². The van der Waals surface area contributed by atoms with Gasteiger partial charge in [-0.1, -0.05) is 27.5 Å². The highest BCUT2D eigenvalue weighted by Gasteiger charge is 2.39. The molecule has 1 aliphatic rings. The molecule has 1 N–H and O–H groups in total. The summed E-state index contributed by atoms with van der Waals surface area (Å²) in [4.78, 5) is 25.2. The van der Waals surface area contributed by atoms with Crippen LogP contribution in [0.15, 0.2) is 39.5 Å². The van der Waals surface area contributed by atoms with E-state index in [1.165, 1.54) is 0 Å². The molecule has 0 fully saturated rings. The van der Waals surface area contributed by atoms with Crippen molar-refractivity contribution >= 4 is 45.0 Å². The van der Waals surface area contributed by atoms with Crippen LogP contribution in [0, 0.1) is 0 Å². The first-order valence-electron chi connectivity index (χ1n) is 5.72. The minimum absolute atomic E-state index is 0.0679. The van der Waals surface area contributed by atoms with Gasteiger partial charge in [0.1, 0.15) is 10.7 Å². The second kappa shape index (κ2) is 5.35. The molecule has 0 spiro atoms. The number of benzene rings is 1. The van der Waals surface area contributed by atoms with Gasteiger partial charge in [-0.05, 0) is 38.1 Å². The Morgan fingerprint density at radius 1 is 1.16 bits per heavy atom. The number of imide groups is 1. The Bertz CT molecular complexity index is 567. The molecule has 6 heteroatoms. The zero-order chi connectivity index (χ0) is 14.2. The van der Waals surface area contributed by atoms with Crippen molar-refractivity contribution in [3.63, 3.8) is 0 Å². The first-order valence-corrected chi connectivity index (χ1v) is 6.89. The molecule has 2 rings (SSSR count). The zero-order valence-corrected chi connectivity index (χ0v) is 12.7. The number of hydrogen-bond acceptors (Lipinski definition) is 3. The van der Waals surface area contributed by atoms with Gasteiger partial charge >= 0.3 is 0 Å². The molecule has 2 amide bonds. The smallest absolute Gasteiger partial charge is 0.279 e. The Morgan fingerprint density at radius 3 is 2.21 bits per heavy atom. The van der Waals surface area contributed by atoms with Crippen molar-refractivity contribution in [3.8, 4) is 0 Å². The maximum Gasteiger partial charge on any atom is 0.279 e. The maximum absolute atomic E-state index is 12.1. The summed E-state index contributed by atoms with van der Waals surface area (Å²) >= 11 is 9.26. The van der Waals surface area contributed by atoms with Gasteiger partial charge < -0.3 is 5.32 Å². The standard InChI is InChI=1S/C13H12BrClN2O2/c1-7(2)17-12(18)10(15)11(13(17)19)16-9-5-3-8(14)4-6-9/h3-7,16H,1-2H3. The number of rotatable bonds is 3. The molecular weight excluding hydrogens is 332 g/mol. The lowest BCUT2D eigenvalue weighted by Crippen LogP contribution is -2.38. The molecule has 19 heavy (non-hydrogen) atoms. The maximum atomic E-state index is 12.1. The van der Waals surface area contributed by atoms with Crippen LogP contribution in [-0.4, -0.2) is 22.8 Å². The van der Waals surface area contributed by atoms with Crippen LogP contribution in [0.5, 0.6) is 0 Å². The SMILES string of the molecule is CC(C)N1C(=O)C(Cl)=C(Nc2ccc(Br)cc2)C1=O. The van der Waals surface area contributed by atoms with Crippen molar-refractivity contribution < 1.29 is 9.59 Å². The highest BCUT2D eigenvalue weighted by Crippen LogP contribution is 2.27. The molecular formula is C13H12BrClN2O2. The van der Waals surface area contributed by atoms with Crippen molar-refractivity contribution in [2.45, 2.75) is 19.9 Å². The number of anilines is 1. The molecule has 0 unspecified atom stereocenters. The molecule has 100 valence electrons. The number of carbonyl (C=O) groups excluding carboxylic acids is 2. The largest absolute Gasteiger partial charge is 0.350 e. The van der Waals surface area contributed by atoms with Gasteiger partial charge in [-0.2, -0.15) is 0 Å². The molecule has 0 saturated carbocycles. The molecule has 0 saturated heterocycles. The summed E-state index contributed by atoms with van der Waals surface area (Å²) in [6, 6.07) is 7.02. The van der Waals surface area contributed by atoms with Crippen LogP contribution < -0.4 is 5.32 Å². The molecule has 1 aromatic carbocycles. The predicted molar refractivity (Wildman–Crippen MR) is 77.6 cm³/mol. The number of nitrogens with zero attached hydrogens (tertiary/aromatic N) is 1. The van der Waals surface area contributed by atoms with Gasteiger partial charge in [-0.15, -0.1) is 0 Å². The lowest BCUT2D eigenvalue weighted by molar-refractivity contribution is -0.139. The van der Waals surface area contributed by atoms with Crippen LogP contribution in [0.3, 0.4) is 0 Å². The number of hydrogen-bond donors (Lipinski definition) is 1. The zero-order valence-electron chi connectivity index (χ0n) is 10.4. The average Bonchev–Trinajstić information content (AvgIpc) is 2.56. The van der Waals surface area contributed by atoms with Gasteiger partial charge in [-0.25, -0.2) is 0 Å². The fraction of sp³-hybridized carbons (Fsp3) is 0.231. The number of carbonyl (C=O) groups is 2. The fourth-order valence-corrected chi connectivity index (χ4v) is 2.26. The van der Waals surface area contributed by atoms with E-state index in [-0.39, 0.29) is 16.8 Å². The van der Waals surface area contributed by atoms with Gasteiger partial charge in [0.15, 0.2) is 0 Å². The first kappa shape index (κ1) is 14.1. The Balaban J connectivity index is 2.27. The van der Waals surface area contributed by atoms with E-state index in [0.717, 1.165) is 9.37 Å². The van der Waals surface area contributed by atoms with Crippen LogP contribution in [0.2, 0.25) is 0 Å². The lowest BCUT2D eigenvalue weighted by Gasteiger charge is -2.18. The summed E-state index contributed by atoms with van der Waals surface area (Å²) in [5, 5.41) is 2.83. The molecule has 1 heterocycles. The van der Waals surface area contributed by atoms with Crippen molar-refractivity contribution in [3.05, 3.63) is 39.5 Å². The molecule has 1 aliphatic heterocycles. The minimum atomic E-state index is -0.457. The number of nitrogens with one attached hydrogen (secondary N) is 1. The summed E-state index contributed by atoms with van der Waals surface area (Å²) in [6.45, 7) is 3.53. The third-order valence-electron chi connectivity index (χ3n) is 2.69. The quantitative estimate of drug-likeness (QED) is 0.858. The van der Waals surface area contributed by atoms with Gasteiger partial charge in [0.2, 0.25) is 0 Å². The Morgan fingerprint density at radius 2 is 1.74 bits per heavy atom. The van der Waals surface area contributed by atoms with Crippen LogP contribution in [0.4, 0.5) is 5.69 Å². The van der Waals surface area contributed by atoms with Crippen molar-refractivity contribution in [2.75, 3.05) is 5.32 Å². The van der Waals surface area contributed by atoms with E-state index in [2.05, 4.69) is 21.2 Å². The highest BCUT2D eigenvalue weighted by molar-refractivity contribution is 9.10. The van der Waals surface area contributed by atoms with Crippen LogP contribution in [0.25, 0.3) is 0 Å². The van der Waals surface area contributed by atoms with E-state index in [4.69, 9.17) is 11.6 Å². The van der Waals surface area contributed by atoms with Crippen LogP contribution in [0.1, 0.15) is 13.8 Å². The Labute approximate surface area is 124 Å². The van der Waals surface area contributed by atoms with E-state index in [1.807, 2.05) is 12.1 Å². The Kier molecular flexibility index (Phi) is 3.96. The average molecular weight is 344 g/mol.